The Morgan fingerprint density at radius 3 is 2.38 bits per heavy atom. The average Bonchev–Trinajstić information content (AvgIpc) is 2.55. The van der Waals surface area contributed by atoms with Gasteiger partial charge in [0.15, 0.2) is 0 Å². The first-order valence-electron chi connectivity index (χ1n) is 5.77. The molecule has 1 atom stereocenters. The highest BCUT2D eigenvalue weighted by molar-refractivity contribution is 9.10. The van der Waals surface area contributed by atoms with E-state index in [1.807, 2.05) is 11.4 Å². The summed E-state index contributed by atoms with van der Waals surface area (Å²) in [5.41, 5.74) is -0.927. The number of halogens is 1. The third-order valence-corrected chi connectivity index (χ3v) is 5.29. The van der Waals surface area contributed by atoms with Gasteiger partial charge in [0.1, 0.15) is 6.10 Å². The number of aliphatic hydroxyl groups excluding tert-OH is 1. The smallest absolute Gasteiger partial charge is 0.118 e. The molecule has 2 N–H and O–H groups in total. The normalized spacial score (nSPS) is 22.7. The number of thiophene rings is 1. The molecule has 1 aliphatic carbocycles. The third kappa shape index (κ3) is 2.50. The van der Waals surface area contributed by atoms with Gasteiger partial charge in [-0.25, -0.2) is 0 Å². The average molecular weight is 305 g/mol. The lowest BCUT2D eigenvalue weighted by Crippen LogP contribution is -2.35. The summed E-state index contributed by atoms with van der Waals surface area (Å²) in [6, 6.07) is 1.92. The largest absolute Gasteiger partial charge is 0.387 e. The highest BCUT2D eigenvalue weighted by Crippen LogP contribution is 2.41. The summed E-state index contributed by atoms with van der Waals surface area (Å²) in [5.74, 6) is 0. The molecule has 90 valence electrons. The van der Waals surface area contributed by atoms with Gasteiger partial charge in [-0.2, -0.15) is 0 Å². The summed E-state index contributed by atoms with van der Waals surface area (Å²) in [5, 5.41) is 22.8. The van der Waals surface area contributed by atoms with Crippen molar-refractivity contribution < 1.29 is 10.2 Å². The molecule has 2 nitrogen and oxygen atoms in total. The molecule has 1 fully saturated rings. The Labute approximate surface area is 108 Å². The van der Waals surface area contributed by atoms with Gasteiger partial charge in [-0.15, -0.1) is 11.3 Å². The molecule has 0 saturated heterocycles. The topological polar surface area (TPSA) is 40.5 Å². The Morgan fingerprint density at radius 1 is 1.25 bits per heavy atom. The maximum Gasteiger partial charge on any atom is 0.118 e. The van der Waals surface area contributed by atoms with Crippen molar-refractivity contribution in [3.63, 3.8) is 0 Å². The third-order valence-electron chi connectivity index (χ3n) is 3.37. The van der Waals surface area contributed by atoms with E-state index in [2.05, 4.69) is 15.9 Å². The van der Waals surface area contributed by atoms with Crippen molar-refractivity contribution >= 4 is 27.3 Å². The summed E-state index contributed by atoms with van der Waals surface area (Å²) in [7, 11) is 0. The van der Waals surface area contributed by atoms with Crippen LogP contribution in [0.3, 0.4) is 0 Å². The van der Waals surface area contributed by atoms with Crippen molar-refractivity contribution in [3.8, 4) is 0 Å². The van der Waals surface area contributed by atoms with Crippen LogP contribution < -0.4 is 0 Å². The zero-order valence-electron chi connectivity index (χ0n) is 9.16. The minimum absolute atomic E-state index is 0.707. The van der Waals surface area contributed by atoms with Crippen molar-refractivity contribution in [1.82, 2.24) is 0 Å². The van der Waals surface area contributed by atoms with Gasteiger partial charge in [0.25, 0.3) is 0 Å². The molecule has 2 rings (SSSR count). The zero-order valence-corrected chi connectivity index (χ0v) is 11.6. The predicted molar refractivity (Wildman–Crippen MR) is 69.6 cm³/mol. The van der Waals surface area contributed by atoms with Gasteiger partial charge in [0, 0.05) is 4.47 Å². The fraction of sp³-hybridized carbons (Fsp3) is 0.667. The lowest BCUT2D eigenvalue weighted by molar-refractivity contribution is -0.0854. The lowest BCUT2D eigenvalue weighted by Gasteiger charge is -2.31. The number of hydrogen-bond acceptors (Lipinski definition) is 3. The highest BCUT2D eigenvalue weighted by atomic mass is 79.9. The quantitative estimate of drug-likeness (QED) is 0.819. The Hall–Kier alpha value is 0.1000. The zero-order chi connectivity index (χ0) is 11.6. The van der Waals surface area contributed by atoms with E-state index in [-0.39, 0.29) is 0 Å². The molecule has 0 bridgehead atoms. The van der Waals surface area contributed by atoms with Crippen molar-refractivity contribution in [1.29, 1.82) is 0 Å². The summed E-state index contributed by atoms with van der Waals surface area (Å²) < 4.78 is 0.905. The first kappa shape index (κ1) is 12.6. The number of hydrogen-bond donors (Lipinski definition) is 2. The van der Waals surface area contributed by atoms with Crippen LogP contribution in [0.15, 0.2) is 15.9 Å². The van der Waals surface area contributed by atoms with Crippen LogP contribution in [0.25, 0.3) is 0 Å². The van der Waals surface area contributed by atoms with Crippen LogP contribution in [-0.4, -0.2) is 15.8 Å². The molecule has 4 heteroatoms. The molecule has 0 radical (unpaired) electrons. The van der Waals surface area contributed by atoms with Gasteiger partial charge in [-0.1, -0.05) is 25.7 Å². The van der Waals surface area contributed by atoms with E-state index >= 15 is 0 Å². The molecule has 1 aromatic heterocycles. The number of aliphatic hydroxyl groups is 2. The molecule has 1 heterocycles. The first-order chi connectivity index (χ1) is 7.63. The van der Waals surface area contributed by atoms with Crippen LogP contribution in [0.4, 0.5) is 0 Å². The Kier molecular flexibility index (Phi) is 4.06. The summed E-state index contributed by atoms with van der Waals surface area (Å²) >= 11 is 4.92. The van der Waals surface area contributed by atoms with Crippen molar-refractivity contribution in [2.24, 2.45) is 0 Å². The monoisotopic (exact) mass is 304 g/mol. The van der Waals surface area contributed by atoms with Gasteiger partial charge in [-0.3, -0.25) is 0 Å². The van der Waals surface area contributed by atoms with Gasteiger partial charge < -0.3 is 10.2 Å². The molecule has 0 spiro atoms. The molecule has 1 aliphatic rings. The van der Waals surface area contributed by atoms with Crippen molar-refractivity contribution in [2.45, 2.75) is 50.2 Å². The van der Waals surface area contributed by atoms with Gasteiger partial charge in [0.05, 0.1) is 10.5 Å². The summed E-state index contributed by atoms with van der Waals surface area (Å²) in [6.45, 7) is 0. The highest BCUT2D eigenvalue weighted by Gasteiger charge is 2.38. The van der Waals surface area contributed by atoms with E-state index in [0.717, 1.165) is 22.2 Å². The van der Waals surface area contributed by atoms with E-state index in [1.54, 1.807) is 0 Å². The Morgan fingerprint density at radius 2 is 1.88 bits per heavy atom. The lowest BCUT2D eigenvalue weighted by atomic mass is 9.87. The molecule has 0 aliphatic heterocycles. The van der Waals surface area contributed by atoms with Crippen LogP contribution in [0.1, 0.15) is 49.5 Å². The van der Waals surface area contributed by atoms with Crippen LogP contribution in [0.2, 0.25) is 0 Å². The molecule has 0 aromatic carbocycles. The summed E-state index contributed by atoms with van der Waals surface area (Å²) in [6.07, 6.45) is 5.02. The van der Waals surface area contributed by atoms with E-state index in [9.17, 15) is 10.2 Å². The van der Waals surface area contributed by atoms with Gasteiger partial charge in [0.2, 0.25) is 0 Å². The van der Waals surface area contributed by atoms with Crippen molar-refractivity contribution in [2.75, 3.05) is 0 Å². The maximum absolute atomic E-state index is 10.6. The SMILES string of the molecule is OC(c1sccc1Br)C1(O)CCCCCC1. The second-order valence-electron chi connectivity index (χ2n) is 4.55. The van der Waals surface area contributed by atoms with E-state index in [0.29, 0.717) is 12.8 Å². The van der Waals surface area contributed by atoms with Crippen LogP contribution in [0.5, 0.6) is 0 Å². The fourth-order valence-corrected chi connectivity index (χ4v) is 4.04. The fourth-order valence-electron chi connectivity index (χ4n) is 2.36. The molecule has 1 aromatic rings. The van der Waals surface area contributed by atoms with E-state index in [4.69, 9.17) is 0 Å². The van der Waals surface area contributed by atoms with Gasteiger partial charge in [-0.05, 0) is 40.2 Å². The molecule has 0 amide bonds. The molecule has 1 unspecified atom stereocenters. The predicted octanol–water partition coefficient (Wildman–Crippen LogP) is 3.63. The standard InChI is InChI=1S/C12H17BrO2S/c13-9-5-8-16-10(9)11(14)12(15)6-3-1-2-4-7-12/h5,8,11,14-15H,1-4,6-7H2. The summed E-state index contributed by atoms with van der Waals surface area (Å²) in [4.78, 5) is 0.851. The van der Waals surface area contributed by atoms with Gasteiger partial charge >= 0.3 is 0 Å². The van der Waals surface area contributed by atoms with Crippen LogP contribution in [0, 0.1) is 0 Å². The van der Waals surface area contributed by atoms with Crippen molar-refractivity contribution in [3.05, 3.63) is 20.8 Å². The molecular formula is C12H17BrO2S. The molecular weight excluding hydrogens is 288 g/mol. The Bertz CT molecular complexity index is 343. The van der Waals surface area contributed by atoms with Crippen LogP contribution in [-0.2, 0) is 0 Å². The number of rotatable bonds is 2. The van der Waals surface area contributed by atoms with E-state index in [1.165, 1.54) is 24.2 Å². The first-order valence-corrected chi connectivity index (χ1v) is 7.44. The molecule has 16 heavy (non-hydrogen) atoms. The maximum atomic E-state index is 10.6. The Balaban J connectivity index is 2.18. The second-order valence-corrected chi connectivity index (χ2v) is 6.36. The van der Waals surface area contributed by atoms with Crippen LogP contribution >= 0.6 is 27.3 Å². The minimum Gasteiger partial charge on any atom is -0.387 e. The molecule has 1 saturated carbocycles. The van der Waals surface area contributed by atoms with E-state index < -0.39 is 11.7 Å². The second kappa shape index (κ2) is 5.17. The minimum atomic E-state index is -0.927.